The molecule has 3 aromatic rings. The molecule has 0 radical (unpaired) electrons. The smallest absolute Gasteiger partial charge is 0.305 e. The molecule has 26 heavy (non-hydrogen) atoms. The molecular formula is C21H23NO3S. The van der Waals surface area contributed by atoms with E-state index in [1.165, 1.54) is 7.11 Å². The predicted octanol–water partition coefficient (Wildman–Crippen LogP) is 5.07. The number of benzene rings is 2. The van der Waals surface area contributed by atoms with Gasteiger partial charge in [-0.05, 0) is 35.6 Å². The zero-order valence-electron chi connectivity index (χ0n) is 15.5. The fourth-order valence-corrected chi connectivity index (χ4v) is 3.89. The summed E-state index contributed by atoms with van der Waals surface area (Å²) >= 11 is 1.56. The molecule has 0 aliphatic rings. The quantitative estimate of drug-likeness (QED) is 0.652. The van der Waals surface area contributed by atoms with E-state index >= 15 is 0 Å². The summed E-state index contributed by atoms with van der Waals surface area (Å²) in [5.74, 6) is 0.0234. The van der Waals surface area contributed by atoms with Crippen molar-refractivity contribution in [1.82, 2.24) is 4.98 Å². The van der Waals surface area contributed by atoms with Gasteiger partial charge >= 0.3 is 5.97 Å². The molecule has 1 aromatic heterocycles. The molecule has 2 aromatic carbocycles. The Bertz CT molecular complexity index is 921. The normalized spacial score (nSPS) is 11.7. The van der Waals surface area contributed by atoms with Crippen molar-refractivity contribution in [2.24, 2.45) is 0 Å². The lowest BCUT2D eigenvalue weighted by Gasteiger charge is -2.23. The summed E-state index contributed by atoms with van der Waals surface area (Å²) in [4.78, 5) is 16.2. The number of rotatable bonds is 4. The Balaban J connectivity index is 2.11. The monoisotopic (exact) mass is 369 g/mol. The van der Waals surface area contributed by atoms with Crippen LogP contribution in [0, 0.1) is 0 Å². The average Bonchev–Trinajstić information content (AvgIpc) is 3.03. The van der Waals surface area contributed by atoms with Crippen molar-refractivity contribution in [1.29, 1.82) is 0 Å². The summed E-state index contributed by atoms with van der Waals surface area (Å²) in [5, 5.41) is 11.7. The van der Waals surface area contributed by atoms with Crippen LogP contribution in [-0.4, -0.2) is 23.2 Å². The van der Waals surface area contributed by atoms with Gasteiger partial charge in [-0.2, -0.15) is 0 Å². The third-order valence-electron chi connectivity index (χ3n) is 4.35. The van der Waals surface area contributed by atoms with Gasteiger partial charge in [-0.15, -0.1) is 11.3 Å². The minimum Gasteiger partial charge on any atom is -0.507 e. The summed E-state index contributed by atoms with van der Waals surface area (Å²) in [5.41, 5.74) is 3.26. The second-order valence-corrected chi connectivity index (χ2v) is 8.38. The Morgan fingerprint density at radius 2 is 1.96 bits per heavy atom. The van der Waals surface area contributed by atoms with Crippen molar-refractivity contribution in [3.05, 3.63) is 47.5 Å². The van der Waals surface area contributed by atoms with E-state index in [0.29, 0.717) is 12.8 Å². The standard InChI is InChI=1S/C21H23NO3S/c1-21(2,3)15-12-13(9-10-18(23)25-4)11-14(19(15)24)20-22-16-7-5-6-8-17(16)26-20/h5-8,11-12,24H,9-10H2,1-4H3. The lowest BCUT2D eigenvalue weighted by Crippen LogP contribution is -2.13. The number of para-hydroxylation sites is 1. The highest BCUT2D eigenvalue weighted by atomic mass is 32.1. The van der Waals surface area contributed by atoms with E-state index in [1.807, 2.05) is 36.4 Å². The van der Waals surface area contributed by atoms with Gasteiger partial charge in [0.2, 0.25) is 0 Å². The summed E-state index contributed by atoms with van der Waals surface area (Å²) in [6.45, 7) is 6.19. The van der Waals surface area contributed by atoms with Crippen LogP contribution in [0.15, 0.2) is 36.4 Å². The minimum absolute atomic E-state index is 0.225. The maximum absolute atomic E-state index is 11.5. The van der Waals surface area contributed by atoms with E-state index in [4.69, 9.17) is 4.74 Å². The molecule has 1 N–H and O–H groups in total. The SMILES string of the molecule is COC(=O)CCc1cc(-c2nc3ccccc3s2)c(O)c(C(C)(C)C)c1. The highest BCUT2D eigenvalue weighted by molar-refractivity contribution is 7.21. The van der Waals surface area contributed by atoms with Crippen LogP contribution in [0.3, 0.4) is 0 Å². The van der Waals surface area contributed by atoms with Crippen LogP contribution in [0.5, 0.6) is 5.75 Å². The number of hydrogen-bond donors (Lipinski definition) is 1. The molecule has 0 unspecified atom stereocenters. The number of carbonyl (C=O) groups excluding carboxylic acids is 1. The van der Waals surface area contributed by atoms with E-state index in [2.05, 4.69) is 25.8 Å². The maximum Gasteiger partial charge on any atom is 0.305 e. The third-order valence-corrected chi connectivity index (χ3v) is 5.42. The van der Waals surface area contributed by atoms with Gasteiger partial charge in [0.1, 0.15) is 10.8 Å². The van der Waals surface area contributed by atoms with Crippen LogP contribution in [0.1, 0.15) is 38.3 Å². The fraction of sp³-hybridized carbons (Fsp3) is 0.333. The van der Waals surface area contributed by atoms with Crippen LogP contribution in [0.25, 0.3) is 20.8 Å². The van der Waals surface area contributed by atoms with Gasteiger partial charge < -0.3 is 9.84 Å². The van der Waals surface area contributed by atoms with E-state index < -0.39 is 0 Å². The summed E-state index contributed by atoms with van der Waals surface area (Å²) in [7, 11) is 1.40. The molecule has 3 rings (SSSR count). The molecule has 0 fully saturated rings. The van der Waals surface area contributed by atoms with Crippen molar-refractivity contribution in [2.45, 2.75) is 39.0 Å². The lowest BCUT2D eigenvalue weighted by atomic mass is 9.83. The van der Waals surface area contributed by atoms with Crippen molar-refractivity contribution in [3.63, 3.8) is 0 Å². The number of hydrogen-bond acceptors (Lipinski definition) is 5. The Kier molecular flexibility index (Phi) is 5.01. The second kappa shape index (κ2) is 7.08. The highest BCUT2D eigenvalue weighted by Gasteiger charge is 2.23. The van der Waals surface area contributed by atoms with Gasteiger partial charge in [-0.1, -0.05) is 39.0 Å². The molecule has 0 atom stereocenters. The number of aryl methyl sites for hydroxylation is 1. The van der Waals surface area contributed by atoms with Gasteiger partial charge in [-0.25, -0.2) is 4.98 Å². The van der Waals surface area contributed by atoms with Crippen molar-refractivity contribution in [3.8, 4) is 16.3 Å². The number of nitrogens with zero attached hydrogens (tertiary/aromatic N) is 1. The Labute approximate surface area is 157 Å². The Morgan fingerprint density at radius 3 is 2.62 bits per heavy atom. The number of fused-ring (bicyclic) bond motifs is 1. The van der Waals surface area contributed by atoms with Gasteiger partial charge in [0, 0.05) is 12.0 Å². The molecule has 0 saturated heterocycles. The fourth-order valence-electron chi connectivity index (χ4n) is 2.91. The minimum atomic E-state index is -0.239. The first-order valence-electron chi connectivity index (χ1n) is 8.58. The molecule has 0 aliphatic carbocycles. The number of carbonyl (C=O) groups is 1. The first-order chi connectivity index (χ1) is 12.3. The largest absolute Gasteiger partial charge is 0.507 e. The number of phenols is 1. The predicted molar refractivity (Wildman–Crippen MR) is 106 cm³/mol. The van der Waals surface area contributed by atoms with E-state index in [-0.39, 0.29) is 17.1 Å². The summed E-state index contributed by atoms with van der Waals surface area (Å²) in [6.07, 6.45) is 0.873. The number of methoxy groups -OCH3 is 1. The van der Waals surface area contributed by atoms with Crippen LogP contribution in [0.2, 0.25) is 0 Å². The van der Waals surface area contributed by atoms with Crippen LogP contribution < -0.4 is 0 Å². The van der Waals surface area contributed by atoms with Crippen LogP contribution in [-0.2, 0) is 21.4 Å². The van der Waals surface area contributed by atoms with E-state index in [9.17, 15) is 9.90 Å². The summed E-state index contributed by atoms with van der Waals surface area (Å²) in [6, 6.07) is 11.9. The Morgan fingerprint density at radius 1 is 1.23 bits per heavy atom. The number of aromatic hydroxyl groups is 1. The van der Waals surface area contributed by atoms with E-state index in [0.717, 1.165) is 31.9 Å². The number of phenolic OH excluding ortho intramolecular Hbond substituents is 1. The van der Waals surface area contributed by atoms with Crippen LogP contribution in [0.4, 0.5) is 0 Å². The molecule has 4 nitrogen and oxygen atoms in total. The van der Waals surface area contributed by atoms with Crippen molar-refractivity contribution >= 4 is 27.5 Å². The van der Waals surface area contributed by atoms with Crippen LogP contribution >= 0.6 is 11.3 Å². The van der Waals surface area contributed by atoms with Gasteiger partial charge in [-0.3, -0.25) is 4.79 Å². The topological polar surface area (TPSA) is 59.4 Å². The maximum atomic E-state index is 11.5. The lowest BCUT2D eigenvalue weighted by molar-refractivity contribution is -0.140. The van der Waals surface area contributed by atoms with Crippen molar-refractivity contribution in [2.75, 3.05) is 7.11 Å². The molecular weight excluding hydrogens is 346 g/mol. The number of thiazole rings is 1. The number of esters is 1. The van der Waals surface area contributed by atoms with E-state index in [1.54, 1.807) is 11.3 Å². The van der Waals surface area contributed by atoms with Crippen molar-refractivity contribution < 1.29 is 14.6 Å². The Hall–Kier alpha value is -2.40. The first kappa shape index (κ1) is 18.4. The molecule has 0 aliphatic heterocycles. The molecule has 0 saturated carbocycles. The van der Waals surface area contributed by atoms with Gasteiger partial charge in [0.25, 0.3) is 0 Å². The second-order valence-electron chi connectivity index (χ2n) is 7.35. The molecule has 136 valence electrons. The molecule has 0 spiro atoms. The zero-order valence-corrected chi connectivity index (χ0v) is 16.3. The zero-order chi connectivity index (χ0) is 18.9. The molecule has 5 heteroatoms. The average molecular weight is 369 g/mol. The first-order valence-corrected chi connectivity index (χ1v) is 9.40. The number of ether oxygens (including phenoxy) is 1. The third kappa shape index (κ3) is 3.73. The van der Waals surface area contributed by atoms with Gasteiger partial charge in [0.05, 0.1) is 22.9 Å². The molecule has 0 amide bonds. The summed E-state index contributed by atoms with van der Waals surface area (Å²) < 4.78 is 5.83. The highest BCUT2D eigenvalue weighted by Crippen LogP contribution is 2.42. The van der Waals surface area contributed by atoms with Gasteiger partial charge in [0.15, 0.2) is 0 Å². The number of aromatic nitrogens is 1. The molecule has 0 bridgehead atoms. The molecule has 1 heterocycles.